The fraction of sp³-hybridized carbons (Fsp3) is 0.882. The van der Waals surface area contributed by atoms with Crippen molar-refractivity contribution in [2.24, 2.45) is 52.3 Å². The molecule has 8 heteroatoms. The molecule has 4 saturated carbocycles. The Morgan fingerprint density at radius 3 is 2.29 bits per heavy atom. The van der Waals surface area contributed by atoms with E-state index in [4.69, 9.17) is 14.6 Å². The van der Waals surface area contributed by atoms with Crippen LogP contribution in [0.15, 0.2) is 0 Å². The first-order valence-corrected chi connectivity index (χ1v) is 16.7. The van der Waals surface area contributed by atoms with Crippen LogP contribution in [0.2, 0.25) is 0 Å². The zero-order valence-corrected chi connectivity index (χ0v) is 26.8. The van der Waals surface area contributed by atoms with Crippen molar-refractivity contribution >= 4 is 23.8 Å². The van der Waals surface area contributed by atoms with Crippen LogP contribution in [0.3, 0.4) is 0 Å². The Morgan fingerprint density at radius 1 is 0.929 bits per heavy atom. The SMILES string of the molecule is CCC(C)C(=O)OC1CC[C@@]2(C)C(C1)CC(OC(C)=O)C1C3CCC(C(C)CCC(=O)NCCC(=O)O)[C@@]3(C)CCC12. The van der Waals surface area contributed by atoms with Crippen LogP contribution in [0.4, 0.5) is 0 Å². The first-order valence-electron chi connectivity index (χ1n) is 16.7. The van der Waals surface area contributed by atoms with Gasteiger partial charge in [0.15, 0.2) is 0 Å². The van der Waals surface area contributed by atoms with Crippen molar-refractivity contribution in [3.63, 3.8) is 0 Å². The Labute approximate surface area is 252 Å². The van der Waals surface area contributed by atoms with E-state index in [-0.39, 0.29) is 59.8 Å². The van der Waals surface area contributed by atoms with Crippen molar-refractivity contribution in [3.05, 3.63) is 0 Å². The van der Waals surface area contributed by atoms with Crippen LogP contribution in [-0.4, -0.2) is 47.7 Å². The summed E-state index contributed by atoms with van der Waals surface area (Å²) in [4.78, 5) is 48.1. The molecular weight excluding hydrogens is 534 g/mol. The van der Waals surface area contributed by atoms with E-state index in [0.717, 1.165) is 64.2 Å². The highest BCUT2D eigenvalue weighted by Crippen LogP contribution is 2.68. The zero-order valence-electron chi connectivity index (χ0n) is 26.8. The van der Waals surface area contributed by atoms with E-state index in [1.54, 1.807) is 0 Å². The molecule has 0 radical (unpaired) electrons. The molecular formula is C34H55NO7. The summed E-state index contributed by atoms with van der Waals surface area (Å²) in [5.41, 5.74) is 0.296. The maximum Gasteiger partial charge on any atom is 0.308 e. The van der Waals surface area contributed by atoms with Crippen LogP contribution < -0.4 is 5.32 Å². The number of carboxylic acids is 1. The summed E-state index contributed by atoms with van der Waals surface area (Å²) in [5, 5.41) is 11.6. The Hall–Kier alpha value is -2.12. The Balaban J connectivity index is 1.46. The molecule has 4 aliphatic rings. The minimum absolute atomic E-state index is 0.0500. The van der Waals surface area contributed by atoms with Gasteiger partial charge in [-0.1, -0.05) is 34.6 Å². The maximum atomic E-state index is 12.6. The van der Waals surface area contributed by atoms with Crippen LogP contribution in [0.25, 0.3) is 0 Å². The van der Waals surface area contributed by atoms with E-state index < -0.39 is 5.97 Å². The minimum atomic E-state index is -0.905. The third-order valence-electron chi connectivity index (χ3n) is 12.5. The van der Waals surface area contributed by atoms with Crippen molar-refractivity contribution in [1.29, 1.82) is 0 Å². The molecule has 0 bridgehead atoms. The first-order chi connectivity index (χ1) is 19.8. The van der Waals surface area contributed by atoms with Gasteiger partial charge in [-0.3, -0.25) is 19.2 Å². The molecule has 8 nitrogen and oxygen atoms in total. The zero-order chi connectivity index (χ0) is 30.8. The van der Waals surface area contributed by atoms with Crippen LogP contribution in [0.5, 0.6) is 0 Å². The van der Waals surface area contributed by atoms with Crippen LogP contribution in [0.1, 0.15) is 119 Å². The first kappa shape index (κ1) is 32.8. The average Bonchev–Trinajstić information content (AvgIpc) is 3.28. The van der Waals surface area contributed by atoms with E-state index in [9.17, 15) is 19.2 Å². The number of carbonyl (C=O) groups is 4. The topological polar surface area (TPSA) is 119 Å². The number of esters is 2. The van der Waals surface area contributed by atoms with E-state index in [1.165, 1.54) is 6.92 Å². The van der Waals surface area contributed by atoms with Gasteiger partial charge in [0.05, 0.1) is 12.3 Å². The number of ether oxygens (including phenoxy) is 2. The van der Waals surface area contributed by atoms with Crippen LogP contribution >= 0.6 is 0 Å². The molecule has 0 aromatic rings. The van der Waals surface area contributed by atoms with Gasteiger partial charge in [-0.2, -0.15) is 0 Å². The Morgan fingerprint density at radius 2 is 1.62 bits per heavy atom. The Bertz CT molecular complexity index is 1010. The largest absolute Gasteiger partial charge is 0.481 e. The van der Waals surface area contributed by atoms with Crippen molar-refractivity contribution in [2.75, 3.05) is 6.54 Å². The molecule has 0 aromatic heterocycles. The summed E-state index contributed by atoms with van der Waals surface area (Å²) >= 11 is 0. The minimum Gasteiger partial charge on any atom is -0.481 e. The number of hydrogen-bond donors (Lipinski definition) is 2. The van der Waals surface area contributed by atoms with Crippen LogP contribution in [0, 0.1) is 52.3 Å². The molecule has 2 N–H and O–H groups in total. The standard InChI is InChI=1S/C34H55NO7/c1-7-20(2)32(40)42-24-12-15-33(5)23(18-24)19-28(41-22(4)36)31-26-10-9-25(34(26,6)16-13-27(31)33)21(3)8-11-29(37)35-17-14-30(38)39/h20-21,23-28,31H,7-19H2,1-6H3,(H,35,37)(H,38,39)/t20?,21?,23?,24?,25?,26?,27?,28?,31?,33-,34+/m0/s1. The van der Waals surface area contributed by atoms with Crippen LogP contribution in [-0.2, 0) is 28.7 Å². The number of carboxylic acid groups (broad SMARTS) is 1. The summed E-state index contributed by atoms with van der Waals surface area (Å²) in [6, 6.07) is 0. The fourth-order valence-corrected chi connectivity index (χ4v) is 9.98. The Kier molecular flexibility index (Phi) is 10.3. The number of aliphatic carboxylic acids is 1. The summed E-state index contributed by atoms with van der Waals surface area (Å²) in [7, 11) is 0. The number of rotatable bonds is 11. The molecule has 4 fully saturated rings. The van der Waals surface area contributed by atoms with Gasteiger partial charge in [-0.15, -0.1) is 0 Å². The highest BCUT2D eigenvalue weighted by molar-refractivity contribution is 5.76. The number of fused-ring (bicyclic) bond motifs is 5. The van der Waals surface area contributed by atoms with E-state index in [1.807, 2.05) is 13.8 Å². The second-order valence-corrected chi connectivity index (χ2v) is 14.8. The maximum absolute atomic E-state index is 12.6. The van der Waals surface area contributed by atoms with E-state index in [2.05, 4.69) is 26.1 Å². The molecule has 0 saturated heterocycles. The van der Waals surface area contributed by atoms with Crippen molar-refractivity contribution in [1.82, 2.24) is 5.32 Å². The molecule has 42 heavy (non-hydrogen) atoms. The second kappa shape index (κ2) is 13.3. The highest BCUT2D eigenvalue weighted by atomic mass is 16.5. The molecule has 1 amide bonds. The summed E-state index contributed by atoms with van der Waals surface area (Å²) in [6.07, 6.45) is 9.98. The summed E-state index contributed by atoms with van der Waals surface area (Å²) in [5.74, 6) is 1.21. The van der Waals surface area contributed by atoms with Gasteiger partial charge in [0.2, 0.25) is 5.91 Å². The van der Waals surface area contributed by atoms with Gasteiger partial charge in [-0.25, -0.2) is 0 Å². The monoisotopic (exact) mass is 589 g/mol. The molecule has 0 heterocycles. The molecule has 4 aliphatic carbocycles. The number of nitrogens with one attached hydrogen (secondary N) is 1. The molecule has 0 aromatic carbocycles. The van der Waals surface area contributed by atoms with Gasteiger partial charge in [0.25, 0.3) is 0 Å². The highest BCUT2D eigenvalue weighted by Gasteiger charge is 2.64. The predicted molar refractivity (Wildman–Crippen MR) is 159 cm³/mol. The fourth-order valence-electron chi connectivity index (χ4n) is 9.98. The number of amides is 1. The molecule has 0 aliphatic heterocycles. The lowest BCUT2D eigenvalue weighted by Gasteiger charge is -2.62. The predicted octanol–water partition coefficient (Wildman–Crippen LogP) is 6.15. The third kappa shape index (κ3) is 6.67. The number of hydrogen-bond acceptors (Lipinski definition) is 6. The van der Waals surface area contributed by atoms with Gasteiger partial charge >= 0.3 is 17.9 Å². The molecule has 4 rings (SSSR count). The smallest absolute Gasteiger partial charge is 0.308 e. The third-order valence-corrected chi connectivity index (χ3v) is 12.5. The normalized spacial score (nSPS) is 38.7. The lowest BCUT2D eigenvalue weighted by Crippen LogP contribution is -2.59. The lowest BCUT2D eigenvalue weighted by molar-refractivity contribution is -0.198. The summed E-state index contributed by atoms with van der Waals surface area (Å²) in [6.45, 7) is 12.9. The molecule has 9 unspecified atom stereocenters. The van der Waals surface area contributed by atoms with Crippen molar-refractivity contribution in [3.8, 4) is 0 Å². The van der Waals surface area contributed by atoms with Gasteiger partial charge in [0.1, 0.15) is 12.2 Å². The molecule has 11 atom stereocenters. The van der Waals surface area contributed by atoms with Gasteiger partial charge < -0.3 is 19.9 Å². The number of carbonyl (C=O) groups excluding carboxylic acids is 3. The summed E-state index contributed by atoms with van der Waals surface area (Å²) < 4.78 is 12.2. The van der Waals surface area contributed by atoms with E-state index in [0.29, 0.717) is 41.9 Å². The lowest BCUT2D eigenvalue weighted by atomic mass is 9.43. The molecule has 238 valence electrons. The average molecular weight is 590 g/mol. The second-order valence-electron chi connectivity index (χ2n) is 14.8. The van der Waals surface area contributed by atoms with Gasteiger partial charge in [0, 0.05) is 25.8 Å². The van der Waals surface area contributed by atoms with E-state index >= 15 is 0 Å². The van der Waals surface area contributed by atoms with Gasteiger partial charge in [-0.05, 0) is 105 Å². The quantitative estimate of drug-likeness (QED) is 0.277. The van der Waals surface area contributed by atoms with Crippen molar-refractivity contribution in [2.45, 2.75) is 131 Å². The molecule has 0 spiro atoms. The van der Waals surface area contributed by atoms with Crippen molar-refractivity contribution < 1.29 is 33.8 Å².